The maximum absolute atomic E-state index is 3.37. The lowest BCUT2D eigenvalue weighted by molar-refractivity contribution is -0.156. The average Bonchev–Trinajstić information content (AvgIpc) is 3.07. The molecule has 8 aliphatic rings. The summed E-state index contributed by atoms with van der Waals surface area (Å²) < 4.78 is 0. The van der Waals surface area contributed by atoms with Crippen LogP contribution in [0.4, 0.5) is 0 Å². The zero-order chi connectivity index (χ0) is 27.9. The van der Waals surface area contributed by atoms with Gasteiger partial charge in [-0.3, -0.25) is 9.80 Å². The van der Waals surface area contributed by atoms with Gasteiger partial charge in [-0.05, 0) is 125 Å². The number of hydrogen-bond acceptors (Lipinski definition) is 2. The van der Waals surface area contributed by atoms with Crippen LogP contribution in [0.25, 0.3) is 0 Å². The Morgan fingerprint density at radius 3 is 1.24 bits per heavy atom. The van der Waals surface area contributed by atoms with E-state index in [9.17, 15) is 0 Å². The first-order valence-electron chi connectivity index (χ1n) is 20.4. The summed E-state index contributed by atoms with van der Waals surface area (Å²) in [6, 6.07) is 5.65. The Hall–Kier alpha value is -0.0800. The number of hydrogen-bond donors (Lipinski definition) is 0. The molecule has 8 saturated carbocycles. The SMILES string of the molecule is C1CCC(N(C2CCCCC2)C2CCC3CC(N(C4CCCCC4)C4CCCCC4)C4CCCC5CCC2C3C54)CC1. The topological polar surface area (TPSA) is 6.48 Å². The van der Waals surface area contributed by atoms with Gasteiger partial charge in [0.15, 0.2) is 0 Å². The van der Waals surface area contributed by atoms with Crippen molar-refractivity contribution in [1.29, 1.82) is 0 Å². The van der Waals surface area contributed by atoms with Crippen LogP contribution >= 0.6 is 0 Å². The summed E-state index contributed by atoms with van der Waals surface area (Å²) in [6.07, 6.45) is 43.2. The lowest BCUT2D eigenvalue weighted by atomic mass is 9.46. The molecule has 0 saturated heterocycles. The fourth-order valence-corrected chi connectivity index (χ4v) is 14.2. The second kappa shape index (κ2) is 13.3. The molecule has 8 aliphatic carbocycles. The van der Waals surface area contributed by atoms with Crippen molar-refractivity contribution in [1.82, 2.24) is 9.80 Å². The van der Waals surface area contributed by atoms with E-state index in [1.54, 1.807) is 51.4 Å². The van der Waals surface area contributed by atoms with E-state index in [-0.39, 0.29) is 0 Å². The molecule has 42 heavy (non-hydrogen) atoms. The van der Waals surface area contributed by atoms with Crippen molar-refractivity contribution < 1.29 is 0 Å². The van der Waals surface area contributed by atoms with Crippen LogP contribution in [0, 0.1) is 35.5 Å². The average molecular weight is 577 g/mol. The summed E-state index contributed by atoms with van der Waals surface area (Å²) in [7, 11) is 0. The Morgan fingerprint density at radius 2 is 0.714 bits per heavy atom. The van der Waals surface area contributed by atoms with Crippen LogP contribution in [-0.2, 0) is 0 Å². The van der Waals surface area contributed by atoms with Gasteiger partial charge in [0.2, 0.25) is 0 Å². The second-order valence-electron chi connectivity index (χ2n) is 17.5. The molecule has 2 heteroatoms. The molecule has 8 rings (SSSR count). The molecule has 8 fully saturated rings. The molecule has 238 valence electrons. The van der Waals surface area contributed by atoms with Gasteiger partial charge < -0.3 is 0 Å². The Bertz CT molecular complexity index is 808. The number of nitrogens with zero attached hydrogens (tertiary/aromatic N) is 2. The third-order valence-electron chi connectivity index (χ3n) is 15.6. The molecule has 0 amide bonds. The highest BCUT2D eigenvalue weighted by molar-refractivity contribution is 5.10. The van der Waals surface area contributed by atoms with Crippen molar-refractivity contribution in [2.45, 2.75) is 216 Å². The first-order valence-corrected chi connectivity index (χ1v) is 20.4. The van der Waals surface area contributed by atoms with Crippen LogP contribution in [0.3, 0.4) is 0 Å². The van der Waals surface area contributed by atoms with Crippen molar-refractivity contribution >= 4 is 0 Å². The molecule has 8 unspecified atom stereocenters. The first-order chi connectivity index (χ1) is 20.9. The fraction of sp³-hybridized carbons (Fsp3) is 1.00. The van der Waals surface area contributed by atoms with E-state index < -0.39 is 0 Å². The quantitative estimate of drug-likeness (QED) is 0.310. The molecular formula is C40H68N2. The van der Waals surface area contributed by atoms with Gasteiger partial charge in [0.05, 0.1) is 0 Å². The van der Waals surface area contributed by atoms with Gasteiger partial charge in [-0.2, -0.15) is 0 Å². The zero-order valence-electron chi connectivity index (χ0n) is 27.6. The van der Waals surface area contributed by atoms with Crippen LogP contribution in [0.1, 0.15) is 180 Å². The van der Waals surface area contributed by atoms with Crippen molar-refractivity contribution in [3.05, 3.63) is 0 Å². The smallest absolute Gasteiger partial charge is 0.0135 e. The molecular weight excluding hydrogens is 508 g/mol. The maximum atomic E-state index is 3.37. The van der Waals surface area contributed by atoms with Crippen molar-refractivity contribution in [2.24, 2.45) is 35.5 Å². The summed E-state index contributed by atoms with van der Waals surface area (Å²) in [5, 5.41) is 0. The minimum atomic E-state index is 0.938. The van der Waals surface area contributed by atoms with Crippen molar-refractivity contribution in [3.63, 3.8) is 0 Å². The molecule has 0 aliphatic heterocycles. The predicted molar refractivity (Wildman–Crippen MR) is 177 cm³/mol. The lowest BCUT2D eigenvalue weighted by Gasteiger charge is -2.65. The Balaban J connectivity index is 1.09. The first kappa shape index (κ1) is 29.3. The normalized spacial score (nSPS) is 43.0. The highest BCUT2D eigenvalue weighted by Crippen LogP contribution is 2.62. The molecule has 2 nitrogen and oxygen atoms in total. The van der Waals surface area contributed by atoms with Crippen molar-refractivity contribution in [2.75, 3.05) is 0 Å². The van der Waals surface area contributed by atoms with E-state index in [1.807, 2.05) is 0 Å². The predicted octanol–water partition coefficient (Wildman–Crippen LogP) is 10.5. The molecule has 0 aromatic heterocycles. The van der Waals surface area contributed by atoms with Crippen LogP contribution in [-0.4, -0.2) is 46.1 Å². The summed E-state index contributed by atoms with van der Waals surface area (Å²) in [4.78, 5) is 6.72. The largest absolute Gasteiger partial charge is 0.294 e. The molecule has 0 aromatic carbocycles. The molecule has 0 heterocycles. The molecule has 0 spiro atoms. The molecule has 0 N–H and O–H groups in total. The summed E-state index contributed by atoms with van der Waals surface area (Å²) >= 11 is 0. The van der Waals surface area contributed by atoms with Crippen LogP contribution < -0.4 is 0 Å². The van der Waals surface area contributed by atoms with E-state index in [0.717, 1.165) is 71.8 Å². The van der Waals surface area contributed by atoms with Crippen LogP contribution in [0.15, 0.2) is 0 Å². The van der Waals surface area contributed by atoms with E-state index in [1.165, 1.54) is 128 Å². The van der Waals surface area contributed by atoms with Gasteiger partial charge in [-0.15, -0.1) is 0 Å². The minimum absolute atomic E-state index is 0.938. The van der Waals surface area contributed by atoms with Gasteiger partial charge in [0, 0.05) is 36.3 Å². The highest BCUT2D eigenvalue weighted by Gasteiger charge is 2.59. The van der Waals surface area contributed by atoms with Crippen molar-refractivity contribution in [3.8, 4) is 0 Å². The van der Waals surface area contributed by atoms with E-state index in [0.29, 0.717) is 0 Å². The van der Waals surface area contributed by atoms with E-state index in [2.05, 4.69) is 9.80 Å². The van der Waals surface area contributed by atoms with Gasteiger partial charge in [-0.1, -0.05) is 89.9 Å². The third kappa shape index (κ3) is 5.60. The Kier molecular flexibility index (Phi) is 9.32. The van der Waals surface area contributed by atoms with E-state index >= 15 is 0 Å². The minimum Gasteiger partial charge on any atom is -0.294 e. The monoisotopic (exact) mass is 577 g/mol. The van der Waals surface area contributed by atoms with E-state index in [4.69, 9.17) is 0 Å². The fourth-order valence-electron chi connectivity index (χ4n) is 14.2. The summed E-state index contributed by atoms with van der Waals surface area (Å²) in [5.74, 6) is 6.44. The lowest BCUT2D eigenvalue weighted by Crippen LogP contribution is -2.65. The zero-order valence-corrected chi connectivity index (χ0v) is 27.6. The maximum Gasteiger partial charge on any atom is 0.0135 e. The Labute approximate surface area is 260 Å². The van der Waals surface area contributed by atoms with Crippen LogP contribution in [0.2, 0.25) is 0 Å². The number of rotatable bonds is 6. The molecule has 0 aromatic rings. The molecule has 8 atom stereocenters. The van der Waals surface area contributed by atoms with Gasteiger partial charge in [0.25, 0.3) is 0 Å². The summed E-state index contributed by atoms with van der Waals surface area (Å²) in [6.45, 7) is 0. The Morgan fingerprint density at radius 1 is 0.286 bits per heavy atom. The van der Waals surface area contributed by atoms with Gasteiger partial charge in [-0.25, -0.2) is 0 Å². The summed E-state index contributed by atoms with van der Waals surface area (Å²) in [5.41, 5.74) is 0. The standard InChI is InChI=1S/C40H68N2/c1-5-15-31(16-6-1)41(32-17-7-2-8-18-32)37-27-25-30-28-38(35-23-13-14-29-24-26-36(37)40(30)39(29)35)42(33-19-9-3-10-20-33)34-21-11-4-12-22-34/h29-40H,1-28H2. The van der Waals surface area contributed by atoms with Gasteiger partial charge >= 0.3 is 0 Å². The third-order valence-corrected chi connectivity index (χ3v) is 15.6. The molecule has 0 bridgehead atoms. The van der Waals surface area contributed by atoms with Gasteiger partial charge in [0.1, 0.15) is 0 Å². The highest BCUT2D eigenvalue weighted by atomic mass is 15.2. The molecule has 0 radical (unpaired) electrons. The second-order valence-corrected chi connectivity index (χ2v) is 17.5. The van der Waals surface area contributed by atoms with Crippen LogP contribution in [0.5, 0.6) is 0 Å².